The molecule has 1 aliphatic heterocycles. The van der Waals surface area contributed by atoms with Gasteiger partial charge in [-0.3, -0.25) is 4.79 Å². The molecule has 1 aliphatic rings. The van der Waals surface area contributed by atoms with Crippen LogP contribution in [0.5, 0.6) is 0 Å². The second-order valence-electron chi connectivity index (χ2n) is 5.84. The Bertz CT molecular complexity index is 501. The molecule has 0 saturated heterocycles. The number of nitrogens with two attached hydrogens (primary N) is 1. The Morgan fingerprint density at radius 1 is 1.37 bits per heavy atom. The quantitative estimate of drug-likeness (QED) is 0.927. The van der Waals surface area contributed by atoms with Crippen LogP contribution in [0.1, 0.15) is 13.8 Å². The molecule has 1 aromatic rings. The third-order valence-electron chi connectivity index (χ3n) is 3.45. The number of rotatable bonds is 3. The van der Waals surface area contributed by atoms with Gasteiger partial charge in [0, 0.05) is 18.1 Å². The molecule has 0 fully saturated rings. The number of benzene rings is 1. The largest absolute Gasteiger partial charge is 0.364 e. The summed E-state index contributed by atoms with van der Waals surface area (Å²) in [5.41, 5.74) is 7.73. The number of anilines is 2. The van der Waals surface area contributed by atoms with E-state index in [9.17, 15) is 4.79 Å². The fraction of sp³-hybridized carbons (Fsp3) is 0.500. The highest BCUT2D eigenvalue weighted by Crippen LogP contribution is 2.36. The maximum atomic E-state index is 12.3. The van der Waals surface area contributed by atoms with E-state index in [-0.39, 0.29) is 11.3 Å². The number of hydrogen-bond donors (Lipinski definition) is 1. The molecule has 0 spiro atoms. The molecule has 104 valence electrons. The van der Waals surface area contributed by atoms with E-state index >= 15 is 0 Å². The van der Waals surface area contributed by atoms with Crippen LogP contribution in [0, 0.1) is 5.41 Å². The minimum atomic E-state index is -0.0874. The van der Waals surface area contributed by atoms with E-state index in [0.29, 0.717) is 19.6 Å². The topological polar surface area (TPSA) is 49.6 Å². The highest BCUT2D eigenvalue weighted by molar-refractivity contribution is 9.10. The van der Waals surface area contributed by atoms with Gasteiger partial charge >= 0.3 is 0 Å². The van der Waals surface area contributed by atoms with Crippen molar-refractivity contribution < 1.29 is 4.79 Å². The Labute approximate surface area is 122 Å². The van der Waals surface area contributed by atoms with Crippen molar-refractivity contribution in [1.29, 1.82) is 0 Å². The van der Waals surface area contributed by atoms with E-state index in [2.05, 4.69) is 29.8 Å². The molecule has 0 atom stereocenters. The summed E-state index contributed by atoms with van der Waals surface area (Å²) in [6.07, 6.45) is 0. The molecule has 0 aliphatic carbocycles. The lowest BCUT2D eigenvalue weighted by molar-refractivity contribution is -0.117. The Balaban J connectivity index is 2.40. The average Bonchev–Trinajstić information content (AvgIpc) is 2.35. The van der Waals surface area contributed by atoms with Gasteiger partial charge in [0.2, 0.25) is 5.91 Å². The number of likely N-dealkylation sites (N-methyl/N-ethyl adjacent to an activating group) is 1. The van der Waals surface area contributed by atoms with E-state index in [1.54, 1.807) is 0 Å². The van der Waals surface area contributed by atoms with Gasteiger partial charge in [0.15, 0.2) is 0 Å². The molecule has 0 radical (unpaired) electrons. The van der Waals surface area contributed by atoms with Crippen molar-refractivity contribution in [3.05, 3.63) is 22.7 Å². The van der Waals surface area contributed by atoms with Crippen molar-refractivity contribution in [2.24, 2.45) is 11.1 Å². The van der Waals surface area contributed by atoms with Crippen LogP contribution in [0.4, 0.5) is 11.4 Å². The Morgan fingerprint density at radius 2 is 2.05 bits per heavy atom. The number of nitrogens with zero attached hydrogens (tertiary/aromatic N) is 2. The van der Waals surface area contributed by atoms with Gasteiger partial charge in [-0.15, -0.1) is 0 Å². The molecule has 0 aromatic heterocycles. The minimum Gasteiger partial charge on any atom is -0.364 e. The van der Waals surface area contributed by atoms with E-state index in [1.807, 2.05) is 35.0 Å². The predicted molar refractivity (Wildman–Crippen MR) is 82.6 cm³/mol. The summed E-state index contributed by atoms with van der Waals surface area (Å²) in [4.78, 5) is 16.1. The second-order valence-corrected chi connectivity index (χ2v) is 6.75. The van der Waals surface area contributed by atoms with Crippen molar-refractivity contribution in [2.45, 2.75) is 13.8 Å². The summed E-state index contributed by atoms with van der Waals surface area (Å²) in [7, 11) is 1.94. The van der Waals surface area contributed by atoms with Gasteiger partial charge in [-0.1, -0.05) is 29.8 Å². The standard InChI is InChI=1S/C14H20BrN3O/c1-14(2,8-16)9-18-11-5-4-10(15)6-12(11)17(3)7-13(18)19/h4-6H,7-9,16H2,1-3H3. The van der Waals surface area contributed by atoms with Gasteiger partial charge in [-0.25, -0.2) is 0 Å². The first kappa shape index (κ1) is 14.3. The summed E-state index contributed by atoms with van der Waals surface area (Å²) in [5.74, 6) is 0.124. The first-order valence-electron chi connectivity index (χ1n) is 6.35. The van der Waals surface area contributed by atoms with Crippen LogP contribution in [0.3, 0.4) is 0 Å². The van der Waals surface area contributed by atoms with E-state index < -0.39 is 0 Å². The van der Waals surface area contributed by atoms with E-state index in [4.69, 9.17) is 5.73 Å². The Morgan fingerprint density at radius 3 is 2.68 bits per heavy atom. The summed E-state index contributed by atoms with van der Waals surface area (Å²) >= 11 is 3.48. The average molecular weight is 326 g/mol. The lowest BCUT2D eigenvalue weighted by Gasteiger charge is -2.39. The summed E-state index contributed by atoms with van der Waals surface area (Å²) in [6.45, 7) is 5.77. The van der Waals surface area contributed by atoms with Crippen LogP contribution in [0.25, 0.3) is 0 Å². The van der Waals surface area contributed by atoms with Gasteiger partial charge < -0.3 is 15.5 Å². The molecule has 1 aromatic carbocycles. The maximum absolute atomic E-state index is 12.3. The molecule has 5 heteroatoms. The molecule has 4 nitrogen and oxygen atoms in total. The van der Waals surface area contributed by atoms with Crippen molar-refractivity contribution in [2.75, 3.05) is 36.5 Å². The van der Waals surface area contributed by atoms with Crippen molar-refractivity contribution >= 4 is 33.2 Å². The van der Waals surface area contributed by atoms with Gasteiger partial charge in [-0.05, 0) is 30.2 Å². The molecule has 0 saturated carbocycles. The number of amides is 1. The lowest BCUT2D eigenvalue weighted by Crippen LogP contribution is -2.49. The molecule has 2 rings (SSSR count). The minimum absolute atomic E-state index is 0.0874. The number of halogens is 1. The highest BCUT2D eigenvalue weighted by atomic mass is 79.9. The van der Waals surface area contributed by atoms with Crippen LogP contribution < -0.4 is 15.5 Å². The van der Waals surface area contributed by atoms with Gasteiger partial charge in [-0.2, -0.15) is 0 Å². The van der Waals surface area contributed by atoms with E-state index in [1.165, 1.54) is 0 Å². The molecule has 0 unspecified atom stereocenters. The molecular weight excluding hydrogens is 306 g/mol. The fourth-order valence-corrected chi connectivity index (χ4v) is 2.55. The number of carbonyl (C=O) groups is 1. The summed E-state index contributed by atoms with van der Waals surface area (Å²) in [5, 5.41) is 0. The van der Waals surface area contributed by atoms with Gasteiger partial charge in [0.05, 0.1) is 17.9 Å². The lowest BCUT2D eigenvalue weighted by atomic mass is 9.92. The smallest absolute Gasteiger partial charge is 0.246 e. The zero-order valence-corrected chi connectivity index (χ0v) is 13.2. The first-order valence-corrected chi connectivity index (χ1v) is 7.14. The van der Waals surface area contributed by atoms with Gasteiger partial charge in [0.25, 0.3) is 0 Å². The Hall–Kier alpha value is -1.07. The van der Waals surface area contributed by atoms with Crippen LogP contribution >= 0.6 is 15.9 Å². The maximum Gasteiger partial charge on any atom is 0.246 e. The first-order chi connectivity index (χ1) is 8.84. The van der Waals surface area contributed by atoms with Crippen molar-refractivity contribution in [3.63, 3.8) is 0 Å². The van der Waals surface area contributed by atoms with Crippen LogP contribution in [0.2, 0.25) is 0 Å². The number of carbonyl (C=O) groups excluding carboxylic acids is 1. The predicted octanol–water partition coefficient (Wildman–Crippen LogP) is 2.22. The molecular formula is C14H20BrN3O. The van der Waals surface area contributed by atoms with E-state index in [0.717, 1.165) is 15.8 Å². The Kier molecular flexibility index (Phi) is 3.87. The van der Waals surface area contributed by atoms with Crippen LogP contribution in [-0.2, 0) is 4.79 Å². The number of fused-ring (bicyclic) bond motifs is 1. The van der Waals surface area contributed by atoms with Crippen LogP contribution in [0.15, 0.2) is 22.7 Å². The monoisotopic (exact) mass is 325 g/mol. The third-order valence-corrected chi connectivity index (χ3v) is 3.94. The zero-order valence-electron chi connectivity index (χ0n) is 11.6. The fourth-order valence-electron chi connectivity index (χ4n) is 2.20. The summed E-state index contributed by atoms with van der Waals surface area (Å²) in [6, 6.07) is 6.00. The SMILES string of the molecule is CN1CC(=O)N(CC(C)(C)CN)c2ccc(Br)cc21. The van der Waals surface area contributed by atoms with Crippen LogP contribution in [-0.4, -0.2) is 32.6 Å². The molecule has 1 amide bonds. The molecule has 2 N–H and O–H groups in total. The highest BCUT2D eigenvalue weighted by Gasteiger charge is 2.31. The van der Waals surface area contributed by atoms with Crippen molar-refractivity contribution in [3.8, 4) is 0 Å². The zero-order chi connectivity index (χ0) is 14.2. The number of hydrogen-bond acceptors (Lipinski definition) is 3. The van der Waals surface area contributed by atoms with Gasteiger partial charge in [0.1, 0.15) is 0 Å². The third kappa shape index (κ3) is 2.92. The normalized spacial score (nSPS) is 15.7. The second kappa shape index (κ2) is 5.13. The van der Waals surface area contributed by atoms with Crippen molar-refractivity contribution in [1.82, 2.24) is 0 Å². The molecule has 0 bridgehead atoms. The summed E-state index contributed by atoms with van der Waals surface area (Å²) < 4.78 is 1.02. The molecule has 1 heterocycles. The molecule has 19 heavy (non-hydrogen) atoms.